The van der Waals surface area contributed by atoms with Crippen LogP contribution in [0, 0.1) is 13.8 Å². The zero-order valence-electron chi connectivity index (χ0n) is 11.2. The molecule has 0 radical (unpaired) electrons. The van der Waals surface area contributed by atoms with Crippen molar-refractivity contribution < 1.29 is 18.3 Å². The maximum absolute atomic E-state index is 13.6. The minimum absolute atomic E-state index is 0.0940. The fourth-order valence-corrected chi connectivity index (χ4v) is 2.11. The lowest BCUT2D eigenvalue weighted by Crippen LogP contribution is -2.22. The van der Waals surface area contributed by atoms with Crippen molar-refractivity contribution in [2.75, 3.05) is 6.67 Å². The van der Waals surface area contributed by atoms with Gasteiger partial charge in [0.1, 0.15) is 24.4 Å². The molecule has 0 saturated heterocycles. The number of phenols is 1. The Morgan fingerprint density at radius 1 is 1.15 bits per heavy atom. The Bertz CT molecular complexity index is 633. The summed E-state index contributed by atoms with van der Waals surface area (Å²) in [6, 6.07) is 3.13. The molecule has 1 aromatic carbocycles. The second-order valence-electron chi connectivity index (χ2n) is 4.73. The van der Waals surface area contributed by atoms with E-state index in [0.717, 1.165) is 5.56 Å². The number of phenolic OH excluding ortho intramolecular Hbond substituents is 1. The first-order chi connectivity index (χ1) is 9.43. The fourth-order valence-electron chi connectivity index (χ4n) is 2.11. The molecule has 0 aliphatic heterocycles. The summed E-state index contributed by atoms with van der Waals surface area (Å²) in [6.45, 7) is 2.04. The molecule has 3 nitrogen and oxygen atoms in total. The van der Waals surface area contributed by atoms with Crippen LogP contribution >= 0.6 is 0 Å². The van der Waals surface area contributed by atoms with E-state index in [-0.39, 0.29) is 11.4 Å². The number of alkyl halides is 3. The molecule has 20 heavy (non-hydrogen) atoms. The van der Waals surface area contributed by atoms with Gasteiger partial charge in [0.15, 0.2) is 6.17 Å². The van der Waals surface area contributed by atoms with Crippen molar-refractivity contribution in [1.82, 2.24) is 9.97 Å². The molecule has 0 amide bonds. The topological polar surface area (TPSA) is 46.0 Å². The average Bonchev–Trinajstić information content (AvgIpc) is 2.41. The molecule has 1 aromatic heterocycles. The van der Waals surface area contributed by atoms with Crippen molar-refractivity contribution in [3.05, 3.63) is 29.2 Å². The minimum atomic E-state index is -2.19. The van der Waals surface area contributed by atoms with Crippen LogP contribution in [0.5, 0.6) is 5.75 Å². The SMILES string of the molecule is Cc1nc(CC(F)C(F)CF)c2c(O)ccc(C)c2n1. The first-order valence-electron chi connectivity index (χ1n) is 6.24. The van der Waals surface area contributed by atoms with Gasteiger partial charge in [-0.2, -0.15) is 0 Å². The second-order valence-corrected chi connectivity index (χ2v) is 4.73. The lowest BCUT2D eigenvalue weighted by molar-refractivity contribution is 0.136. The summed E-state index contributed by atoms with van der Waals surface area (Å²) < 4.78 is 38.8. The number of aryl methyl sites for hydroxylation is 2. The Labute approximate surface area is 114 Å². The first kappa shape index (κ1) is 14.6. The van der Waals surface area contributed by atoms with Crippen LogP contribution in [0.15, 0.2) is 12.1 Å². The van der Waals surface area contributed by atoms with E-state index in [1.165, 1.54) is 6.07 Å². The molecule has 0 fully saturated rings. The normalized spacial score (nSPS) is 14.4. The van der Waals surface area contributed by atoms with Gasteiger partial charge in [-0.05, 0) is 25.5 Å². The number of fused-ring (bicyclic) bond motifs is 1. The summed E-state index contributed by atoms with van der Waals surface area (Å²) in [5.74, 6) is 0.299. The van der Waals surface area contributed by atoms with E-state index in [2.05, 4.69) is 9.97 Å². The van der Waals surface area contributed by atoms with Gasteiger partial charge in [-0.15, -0.1) is 0 Å². The van der Waals surface area contributed by atoms with Gasteiger partial charge in [-0.25, -0.2) is 23.1 Å². The number of halogens is 3. The summed E-state index contributed by atoms with van der Waals surface area (Å²) in [6.07, 6.45) is -4.59. The summed E-state index contributed by atoms with van der Waals surface area (Å²) in [5, 5.41) is 10.2. The van der Waals surface area contributed by atoms with Crippen LogP contribution in [-0.4, -0.2) is 34.1 Å². The van der Waals surface area contributed by atoms with Crippen molar-refractivity contribution in [3.63, 3.8) is 0 Å². The molecule has 1 N–H and O–H groups in total. The third-order valence-corrected chi connectivity index (χ3v) is 3.14. The van der Waals surface area contributed by atoms with E-state index < -0.39 is 25.4 Å². The Morgan fingerprint density at radius 2 is 1.85 bits per heavy atom. The monoisotopic (exact) mass is 284 g/mol. The van der Waals surface area contributed by atoms with E-state index in [9.17, 15) is 18.3 Å². The lowest BCUT2D eigenvalue weighted by Gasteiger charge is -2.13. The third-order valence-electron chi connectivity index (χ3n) is 3.14. The van der Waals surface area contributed by atoms with Gasteiger partial charge < -0.3 is 5.11 Å². The van der Waals surface area contributed by atoms with Gasteiger partial charge in [0.05, 0.1) is 16.6 Å². The summed E-state index contributed by atoms with van der Waals surface area (Å²) in [5.41, 5.74) is 1.48. The molecule has 0 bridgehead atoms. The standard InChI is InChI=1S/C14H15F3N2O/c1-7-3-4-12(20)13-11(5-9(16)10(17)6-15)18-8(2)19-14(7)13/h3-4,9-10,20H,5-6H2,1-2H3. The highest BCUT2D eigenvalue weighted by Crippen LogP contribution is 2.30. The van der Waals surface area contributed by atoms with Crippen molar-refractivity contribution in [2.24, 2.45) is 0 Å². The van der Waals surface area contributed by atoms with Crippen molar-refractivity contribution in [1.29, 1.82) is 0 Å². The van der Waals surface area contributed by atoms with Crippen molar-refractivity contribution in [2.45, 2.75) is 32.6 Å². The van der Waals surface area contributed by atoms with Crippen LogP contribution in [0.2, 0.25) is 0 Å². The van der Waals surface area contributed by atoms with Crippen LogP contribution in [0.4, 0.5) is 13.2 Å². The van der Waals surface area contributed by atoms with E-state index in [1.807, 2.05) is 0 Å². The number of aromatic nitrogens is 2. The molecular formula is C14H15F3N2O. The third kappa shape index (κ3) is 2.69. The van der Waals surface area contributed by atoms with Crippen LogP contribution in [0.25, 0.3) is 10.9 Å². The zero-order valence-corrected chi connectivity index (χ0v) is 11.2. The van der Waals surface area contributed by atoms with Gasteiger partial charge in [0.25, 0.3) is 0 Å². The molecule has 0 saturated carbocycles. The maximum Gasteiger partial charge on any atom is 0.160 e. The lowest BCUT2D eigenvalue weighted by atomic mass is 10.0. The summed E-state index contributed by atoms with van der Waals surface area (Å²) >= 11 is 0. The smallest absolute Gasteiger partial charge is 0.160 e. The van der Waals surface area contributed by atoms with Crippen LogP contribution in [-0.2, 0) is 6.42 Å². The van der Waals surface area contributed by atoms with Gasteiger partial charge in [0, 0.05) is 6.42 Å². The Kier molecular flexibility index (Phi) is 4.11. The molecular weight excluding hydrogens is 269 g/mol. The first-order valence-corrected chi connectivity index (χ1v) is 6.24. The number of benzene rings is 1. The Balaban J connectivity index is 2.55. The number of nitrogens with zero attached hydrogens (tertiary/aromatic N) is 2. The highest BCUT2D eigenvalue weighted by atomic mass is 19.2. The molecule has 2 atom stereocenters. The maximum atomic E-state index is 13.6. The molecule has 0 aliphatic rings. The van der Waals surface area contributed by atoms with Crippen molar-refractivity contribution >= 4 is 10.9 Å². The van der Waals surface area contributed by atoms with Gasteiger partial charge >= 0.3 is 0 Å². The fraction of sp³-hybridized carbons (Fsp3) is 0.429. The van der Waals surface area contributed by atoms with Gasteiger partial charge in [-0.1, -0.05) is 6.07 Å². The highest BCUT2D eigenvalue weighted by Gasteiger charge is 2.23. The highest BCUT2D eigenvalue weighted by molar-refractivity contribution is 5.89. The molecule has 6 heteroatoms. The zero-order chi connectivity index (χ0) is 14.9. The van der Waals surface area contributed by atoms with Gasteiger partial charge in [-0.3, -0.25) is 0 Å². The quantitative estimate of drug-likeness (QED) is 0.938. The number of aromatic hydroxyl groups is 1. The predicted octanol–water partition coefficient (Wildman–Crippen LogP) is 3.14. The van der Waals surface area contributed by atoms with E-state index >= 15 is 0 Å². The summed E-state index contributed by atoms with van der Waals surface area (Å²) in [7, 11) is 0. The molecule has 2 unspecified atom stereocenters. The Hall–Kier alpha value is -1.85. The summed E-state index contributed by atoms with van der Waals surface area (Å²) in [4.78, 5) is 8.27. The minimum Gasteiger partial charge on any atom is -0.507 e. The molecule has 0 aliphatic carbocycles. The Morgan fingerprint density at radius 3 is 2.50 bits per heavy atom. The molecule has 2 rings (SSSR count). The molecule has 1 heterocycles. The largest absolute Gasteiger partial charge is 0.507 e. The van der Waals surface area contributed by atoms with E-state index in [0.29, 0.717) is 16.7 Å². The second kappa shape index (κ2) is 5.64. The molecule has 108 valence electrons. The van der Waals surface area contributed by atoms with E-state index in [1.54, 1.807) is 19.9 Å². The number of hydrogen-bond donors (Lipinski definition) is 1. The van der Waals surface area contributed by atoms with Crippen LogP contribution < -0.4 is 0 Å². The van der Waals surface area contributed by atoms with Crippen LogP contribution in [0.3, 0.4) is 0 Å². The van der Waals surface area contributed by atoms with E-state index in [4.69, 9.17) is 0 Å². The van der Waals surface area contributed by atoms with Gasteiger partial charge in [0.2, 0.25) is 0 Å². The van der Waals surface area contributed by atoms with Crippen LogP contribution in [0.1, 0.15) is 17.1 Å². The number of hydrogen-bond acceptors (Lipinski definition) is 3. The number of rotatable bonds is 4. The average molecular weight is 284 g/mol. The molecule has 2 aromatic rings. The molecule has 0 spiro atoms. The van der Waals surface area contributed by atoms with Crippen molar-refractivity contribution in [3.8, 4) is 5.75 Å². The predicted molar refractivity (Wildman–Crippen MR) is 70.1 cm³/mol.